The van der Waals surface area contributed by atoms with Crippen LogP contribution in [-0.2, 0) is 6.42 Å². The molecular formula is C17H16ClFN2. The molecule has 0 radical (unpaired) electrons. The van der Waals surface area contributed by atoms with Gasteiger partial charge in [-0.15, -0.1) is 11.6 Å². The Morgan fingerprint density at radius 3 is 2.67 bits per heavy atom. The summed E-state index contributed by atoms with van der Waals surface area (Å²) in [6.07, 6.45) is 0.600. The average molecular weight is 303 g/mol. The molecule has 0 N–H and O–H groups in total. The van der Waals surface area contributed by atoms with E-state index in [9.17, 15) is 4.39 Å². The number of aryl methyl sites for hydroxylation is 3. The van der Waals surface area contributed by atoms with Crippen molar-refractivity contribution < 1.29 is 4.39 Å². The number of halogens is 2. The van der Waals surface area contributed by atoms with Gasteiger partial charge in [-0.2, -0.15) is 0 Å². The molecule has 0 saturated carbocycles. The van der Waals surface area contributed by atoms with E-state index in [0.717, 1.165) is 17.0 Å². The Kier molecular flexibility index (Phi) is 3.68. The molecule has 0 aliphatic heterocycles. The summed E-state index contributed by atoms with van der Waals surface area (Å²) < 4.78 is 16.0. The molecule has 21 heavy (non-hydrogen) atoms. The highest BCUT2D eigenvalue weighted by Gasteiger charge is 2.15. The quantitative estimate of drug-likeness (QED) is 0.648. The fraction of sp³-hybridized carbons (Fsp3) is 0.235. The van der Waals surface area contributed by atoms with Crippen LogP contribution >= 0.6 is 11.6 Å². The van der Waals surface area contributed by atoms with Crippen LogP contribution in [0.15, 0.2) is 36.4 Å². The monoisotopic (exact) mass is 302 g/mol. The molecule has 0 saturated heterocycles. The number of fused-ring (bicyclic) bond motifs is 1. The van der Waals surface area contributed by atoms with Gasteiger partial charge in [-0.3, -0.25) is 4.57 Å². The second-order valence-electron chi connectivity index (χ2n) is 5.18. The summed E-state index contributed by atoms with van der Waals surface area (Å²) >= 11 is 5.87. The van der Waals surface area contributed by atoms with Crippen LogP contribution in [0.25, 0.3) is 16.7 Å². The molecule has 0 bridgehead atoms. The Hall–Kier alpha value is -1.87. The van der Waals surface area contributed by atoms with Gasteiger partial charge in [0.15, 0.2) is 5.82 Å². The van der Waals surface area contributed by atoms with Gasteiger partial charge in [0.2, 0.25) is 0 Å². The molecule has 1 heterocycles. The Balaban J connectivity index is 2.30. The van der Waals surface area contributed by atoms with Crippen LogP contribution in [0.3, 0.4) is 0 Å². The number of para-hydroxylation sites is 1. The van der Waals surface area contributed by atoms with E-state index in [4.69, 9.17) is 11.6 Å². The van der Waals surface area contributed by atoms with E-state index in [1.807, 2.05) is 16.7 Å². The van der Waals surface area contributed by atoms with Gasteiger partial charge >= 0.3 is 0 Å². The maximum Gasteiger partial charge on any atom is 0.151 e. The number of nitrogens with zero attached hydrogens (tertiary/aromatic N) is 2. The number of alkyl halides is 1. The lowest BCUT2D eigenvalue weighted by molar-refractivity contribution is 0.637. The van der Waals surface area contributed by atoms with Crippen molar-refractivity contribution in [3.05, 3.63) is 59.2 Å². The van der Waals surface area contributed by atoms with E-state index in [1.54, 1.807) is 6.07 Å². The molecule has 108 valence electrons. The van der Waals surface area contributed by atoms with Gasteiger partial charge in [-0.1, -0.05) is 12.1 Å². The first-order chi connectivity index (χ1) is 10.1. The predicted molar refractivity (Wildman–Crippen MR) is 84.9 cm³/mol. The van der Waals surface area contributed by atoms with Crippen molar-refractivity contribution in [1.29, 1.82) is 0 Å². The van der Waals surface area contributed by atoms with Crippen LogP contribution in [0.1, 0.15) is 17.0 Å². The zero-order valence-electron chi connectivity index (χ0n) is 12.0. The Morgan fingerprint density at radius 1 is 1.14 bits per heavy atom. The normalized spacial score (nSPS) is 11.2. The van der Waals surface area contributed by atoms with Gasteiger partial charge in [-0.05, 0) is 49.2 Å². The fourth-order valence-electron chi connectivity index (χ4n) is 2.52. The third-order valence-corrected chi connectivity index (χ3v) is 3.96. The summed E-state index contributed by atoms with van der Waals surface area (Å²) in [6, 6.07) is 11.2. The smallest absolute Gasteiger partial charge is 0.151 e. The van der Waals surface area contributed by atoms with Crippen LogP contribution in [-0.4, -0.2) is 15.4 Å². The number of benzene rings is 2. The Bertz CT molecular complexity index is 808. The van der Waals surface area contributed by atoms with Crippen LogP contribution in [0, 0.1) is 19.7 Å². The highest BCUT2D eigenvalue weighted by atomic mass is 35.5. The number of imidazole rings is 1. The van der Waals surface area contributed by atoms with Gasteiger partial charge < -0.3 is 0 Å². The summed E-state index contributed by atoms with van der Waals surface area (Å²) in [5.74, 6) is 0.940. The first-order valence-electron chi connectivity index (χ1n) is 6.91. The van der Waals surface area contributed by atoms with Gasteiger partial charge in [0.1, 0.15) is 11.3 Å². The van der Waals surface area contributed by atoms with Crippen molar-refractivity contribution in [2.45, 2.75) is 20.3 Å². The molecule has 1 aromatic heterocycles. The first-order valence-corrected chi connectivity index (χ1v) is 7.44. The molecule has 0 fully saturated rings. The fourth-order valence-corrected chi connectivity index (χ4v) is 2.69. The molecule has 2 nitrogen and oxygen atoms in total. The van der Waals surface area contributed by atoms with E-state index in [1.165, 1.54) is 17.2 Å². The zero-order chi connectivity index (χ0) is 15.0. The standard InChI is InChI=1S/C17H16ClFN2/c1-11-6-7-13(10-12(11)2)21-15-5-3-4-14(19)17(15)20-16(21)8-9-18/h3-7,10H,8-9H2,1-2H3. The minimum Gasteiger partial charge on any atom is -0.296 e. The number of aromatic nitrogens is 2. The maximum absolute atomic E-state index is 14.0. The lowest BCUT2D eigenvalue weighted by atomic mass is 10.1. The minimum absolute atomic E-state index is 0.300. The van der Waals surface area contributed by atoms with E-state index in [2.05, 4.69) is 31.0 Å². The summed E-state index contributed by atoms with van der Waals surface area (Å²) in [4.78, 5) is 4.43. The summed E-state index contributed by atoms with van der Waals surface area (Å²) in [7, 11) is 0. The van der Waals surface area contributed by atoms with Crippen LogP contribution in [0.5, 0.6) is 0 Å². The molecule has 0 amide bonds. The van der Waals surface area contributed by atoms with E-state index in [0.29, 0.717) is 17.8 Å². The molecule has 0 aliphatic carbocycles. The van der Waals surface area contributed by atoms with Crippen LogP contribution in [0.2, 0.25) is 0 Å². The lowest BCUT2D eigenvalue weighted by Crippen LogP contribution is -2.02. The number of rotatable bonds is 3. The SMILES string of the molecule is Cc1ccc(-n2c(CCCl)nc3c(F)cccc32)cc1C. The third-order valence-electron chi connectivity index (χ3n) is 3.77. The van der Waals surface area contributed by atoms with Crippen LogP contribution in [0.4, 0.5) is 4.39 Å². The van der Waals surface area contributed by atoms with Crippen LogP contribution < -0.4 is 0 Å². The van der Waals surface area contributed by atoms with Crippen molar-refractivity contribution >= 4 is 22.6 Å². The highest BCUT2D eigenvalue weighted by Crippen LogP contribution is 2.25. The van der Waals surface area contributed by atoms with Crippen molar-refractivity contribution in [2.24, 2.45) is 0 Å². The summed E-state index contributed by atoms with van der Waals surface area (Å²) in [5.41, 5.74) is 4.59. The second-order valence-corrected chi connectivity index (χ2v) is 5.56. The van der Waals surface area contributed by atoms with Gasteiger partial charge in [0, 0.05) is 18.0 Å². The van der Waals surface area contributed by atoms with Crippen molar-refractivity contribution in [1.82, 2.24) is 9.55 Å². The number of hydrogen-bond acceptors (Lipinski definition) is 1. The molecule has 4 heteroatoms. The highest BCUT2D eigenvalue weighted by molar-refractivity contribution is 6.17. The van der Waals surface area contributed by atoms with Crippen molar-refractivity contribution in [3.8, 4) is 5.69 Å². The topological polar surface area (TPSA) is 17.8 Å². The van der Waals surface area contributed by atoms with Crippen molar-refractivity contribution in [3.63, 3.8) is 0 Å². The molecule has 0 spiro atoms. The molecule has 2 aromatic carbocycles. The third kappa shape index (κ3) is 2.42. The van der Waals surface area contributed by atoms with Gasteiger partial charge in [0.05, 0.1) is 5.52 Å². The summed E-state index contributed by atoms with van der Waals surface area (Å²) in [6.45, 7) is 4.14. The van der Waals surface area contributed by atoms with Gasteiger partial charge in [-0.25, -0.2) is 9.37 Å². The molecule has 0 unspecified atom stereocenters. The molecule has 3 aromatic rings. The lowest BCUT2D eigenvalue weighted by Gasteiger charge is -2.11. The zero-order valence-corrected chi connectivity index (χ0v) is 12.8. The van der Waals surface area contributed by atoms with E-state index < -0.39 is 0 Å². The second kappa shape index (κ2) is 5.49. The van der Waals surface area contributed by atoms with E-state index >= 15 is 0 Å². The number of hydrogen-bond donors (Lipinski definition) is 0. The molecular weight excluding hydrogens is 287 g/mol. The predicted octanol–water partition coefficient (Wildman–Crippen LogP) is 4.56. The molecule has 0 atom stereocenters. The Morgan fingerprint density at radius 2 is 1.95 bits per heavy atom. The maximum atomic E-state index is 14.0. The van der Waals surface area contributed by atoms with Crippen molar-refractivity contribution in [2.75, 3.05) is 5.88 Å². The van der Waals surface area contributed by atoms with E-state index in [-0.39, 0.29) is 5.82 Å². The Labute approximate surface area is 128 Å². The average Bonchev–Trinajstić information content (AvgIpc) is 2.82. The molecule has 0 aliphatic rings. The van der Waals surface area contributed by atoms with Gasteiger partial charge in [0.25, 0.3) is 0 Å². The summed E-state index contributed by atoms with van der Waals surface area (Å²) in [5, 5.41) is 0. The first kappa shape index (κ1) is 14.1. The molecule has 3 rings (SSSR count). The largest absolute Gasteiger partial charge is 0.296 e. The minimum atomic E-state index is -0.300.